The minimum atomic E-state index is -1.74. The van der Waals surface area contributed by atoms with E-state index in [4.69, 9.17) is 9.47 Å². The van der Waals surface area contributed by atoms with E-state index in [1.54, 1.807) is 60.5 Å². The van der Waals surface area contributed by atoms with Crippen LogP contribution in [0, 0.1) is 0 Å². The number of fused-ring (bicyclic) bond motifs is 2. The van der Waals surface area contributed by atoms with Crippen LogP contribution in [0.25, 0.3) is 5.76 Å². The zero-order valence-electron chi connectivity index (χ0n) is 19.5. The first kappa shape index (κ1) is 23.5. The van der Waals surface area contributed by atoms with Crippen LogP contribution < -0.4 is 9.64 Å². The molecule has 2 aliphatic rings. The van der Waals surface area contributed by atoms with E-state index >= 15 is 0 Å². The number of benzene rings is 2. The quantitative estimate of drug-likeness (QED) is 0.279. The highest BCUT2D eigenvalue weighted by molar-refractivity contribution is 6.50. The number of methoxy groups -OCH3 is 1. The van der Waals surface area contributed by atoms with E-state index in [1.165, 1.54) is 4.90 Å². The molecule has 0 bridgehead atoms. The number of nitrogens with zero attached hydrogens (tertiary/aromatic N) is 2. The van der Waals surface area contributed by atoms with Gasteiger partial charge in [0, 0.05) is 37.9 Å². The highest BCUT2D eigenvalue weighted by atomic mass is 16.5. The number of carbonyl (C=O) groups is 3. The molecule has 34 heavy (non-hydrogen) atoms. The smallest absolute Gasteiger partial charge is 0.296 e. The number of aliphatic hydroxyl groups is 1. The van der Waals surface area contributed by atoms with Crippen molar-refractivity contribution in [1.29, 1.82) is 0 Å². The van der Waals surface area contributed by atoms with E-state index in [9.17, 15) is 19.5 Å². The number of likely N-dealkylation sites (N-methyl/N-ethyl adjacent to an activating group) is 1. The molecule has 1 N–H and O–H groups in total. The maximum absolute atomic E-state index is 14.0. The molecule has 178 valence electrons. The number of ketones is 1. The first-order valence-corrected chi connectivity index (χ1v) is 11.4. The number of aliphatic hydroxyl groups excluding tert-OH is 1. The molecular weight excluding hydrogens is 436 g/mol. The van der Waals surface area contributed by atoms with Gasteiger partial charge in [-0.1, -0.05) is 18.2 Å². The van der Waals surface area contributed by atoms with Gasteiger partial charge in [0.05, 0.1) is 17.9 Å². The molecule has 2 aromatic rings. The Hall–Kier alpha value is -3.65. The van der Waals surface area contributed by atoms with Crippen LogP contribution in [0.15, 0.2) is 54.1 Å². The minimum absolute atomic E-state index is 0.121. The number of hydrogen-bond acceptors (Lipinski definition) is 6. The van der Waals surface area contributed by atoms with Crippen molar-refractivity contribution < 1.29 is 29.0 Å². The molecule has 2 heterocycles. The van der Waals surface area contributed by atoms with Gasteiger partial charge in [-0.15, -0.1) is 0 Å². The third-order valence-electron chi connectivity index (χ3n) is 6.29. The first-order valence-electron chi connectivity index (χ1n) is 11.4. The Morgan fingerprint density at radius 3 is 2.38 bits per heavy atom. The standard InChI is InChI=1S/C26H28N2O6/c1-4-27-20-10-7-6-9-19(20)26(25(27)32)21(23(30)24(31)28(26)15-8-16-33-3)22(29)17-11-13-18(14-12-17)34-5-2/h6-7,9-14,29H,4-5,8,15-16H2,1-3H3/t26-/m0/s1. The van der Waals surface area contributed by atoms with Crippen LogP contribution in [0.3, 0.4) is 0 Å². The highest BCUT2D eigenvalue weighted by Gasteiger charge is 2.66. The highest BCUT2D eigenvalue weighted by Crippen LogP contribution is 2.53. The summed E-state index contributed by atoms with van der Waals surface area (Å²) in [7, 11) is 1.55. The van der Waals surface area contributed by atoms with Gasteiger partial charge in [0.1, 0.15) is 11.5 Å². The Kier molecular flexibility index (Phi) is 6.43. The fourth-order valence-electron chi connectivity index (χ4n) is 4.87. The Bertz CT molecular complexity index is 1160. The van der Waals surface area contributed by atoms with E-state index in [0.29, 0.717) is 48.7 Å². The molecule has 0 unspecified atom stereocenters. The molecule has 2 amide bonds. The van der Waals surface area contributed by atoms with Crippen molar-refractivity contribution in [3.05, 3.63) is 65.2 Å². The van der Waals surface area contributed by atoms with Gasteiger partial charge in [0.25, 0.3) is 17.6 Å². The molecule has 1 atom stereocenters. The third-order valence-corrected chi connectivity index (χ3v) is 6.29. The van der Waals surface area contributed by atoms with Crippen LogP contribution >= 0.6 is 0 Å². The van der Waals surface area contributed by atoms with Crippen LogP contribution in [0.5, 0.6) is 5.75 Å². The molecule has 4 rings (SSSR count). The number of carbonyl (C=O) groups excluding carboxylic acids is 3. The van der Waals surface area contributed by atoms with E-state index in [2.05, 4.69) is 0 Å². The van der Waals surface area contributed by atoms with Gasteiger partial charge in [0.15, 0.2) is 5.54 Å². The summed E-state index contributed by atoms with van der Waals surface area (Å²) < 4.78 is 10.6. The van der Waals surface area contributed by atoms with Crippen LogP contribution in [-0.4, -0.2) is 61.0 Å². The number of para-hydroxylation sites is 1. The number of likely N-dealkylation sites (tertiary alicyclic amines) is 1. The van der Waals surface area contributed by atoms with E-state index in [1.807, 2.05) is 13.8 Å². The summed E-state index contributed by atoms with van der Waals surface area (Å²) in [5.41, 5.74) is -0.514. The molecule has 0 radical (unpaired) electrons. The Morgan fingerprint density at radius 1 is 1.03 bits per heavy atom. The maximum Gasteiger partial charge on any atom is 0.296 e. The summed E-state index contributed by atoms with van der Waals surface area (Å²) in [6.07, 6.45) is 0.427. The summed E-state index contributed by atoms with van der Waals surface area (Å²) in [5.74, 6) is -1.92. The van der Waals surface area contributed by atoms with Crippen molar-refractivity contribution in [2.24, 2.45) is 0 Å². The van der Waals surface area contributed by atoms with Crippen molar-refractivity contribution in [3.8, 4) is 5.75 Å². The van der Waals surface area contributed by atoms with Crippen molar-refractivity contribution in [1.82, 2.24) is 4.90 Å². The Balaban J connectivity index is 1.97. The largest absolute Gasteiger partial charge is 0.507 e. The summed E-state index contributed by atoms with van der Waals surface area (Å²) in [5, 5.41) is 11.4. The van der Waals surface area contributed by atoms with Crippen molar-refractivity contribution in [3.63, 3.8) is 0 Å². The number of ether oxygens (including phenoxy) is 2. The molecule has 8 heteroatoms. The van der Waals surface area contributed by atoms with Crippen molar-refractivity contribution in [2.75, 3.05) is 38.3 Å². The molecule has 1 saturated heterocycles. The SMILES string of the molecule is CCOc1ccc(C(O)=C2C(=O)C(=O)N(CCCOC)[C@]23C(=O)N(CC)c2ccccc23)cc1. The molecule has 2 aliphatic heterocycles. The van der Waals surface area contributed by atoms with Crippen LogP contribution in [0.1, 0.15) is 31.4 Å². The summed E-state index contributed by atoms with van der Waals surface area (Å²) in [6, 6.07) is 13.6. The second-order valence-corrected chi connectivity index (χ2v) is 8.09. The van der Waals surface area contributed by atoms with Crippen LogP contribution in [0.4, 0.5) is 5.69 Å². The Labute approximate surface area is 198 Å². The van der Waals surface area contributed by atoms with Gasteiger partial charge in [0.2, 0.25) is 0 Å². The van der Waals surface area contributed by atoms with Crippen molar-refractivity contribution in [2.45, 2.75) is 25.8 Å². The van der Waals surface area contributed by atoms with Crippen LogP contribution in [0.2, 0.25) is 0 Å². The molecule has 0 aliphatic carbocycles. The average Bonchev–Trinajstić information content (AvgIpc) is 3.22. The predicted octanol–water partition coefficient (Wildman–Crippen LogP) is 3.06. The lowest BCUT2D eigenvalue weighted by atomic mass is 9.82. The lowest BCUT2D eigenvalue weighted by molar-refractivity contribution is -0.143. The lowest BCUT2D eigenvalue weighted by Gasteiger charge is -2.34. The van der Waals surface area contributed by atoms with Gasteiger partial charge >= 0.3 is 0 Å². The van der Waals surface area contributed by atoms with Crippen molar-refractivity contribution >= 4 is 29.0 Å². The number of anilines is 1. The van der Waals surface area contributed by atoms with Gasteiger partial charge in [-0.25, -0.2) is 0 Å². The molecular formula is C26H28N2O6. The maximum atomic E-state index is 14.0. The second-order valence-electron chi connectivity index (χ2n) is 8.09. The second kappa shape index (κ2) is 9.30. The molecule has 0 saturated carbocycles. The number of amides is 2. The molecule has 1 spiro atoms. The van der Waals surface area contributed by atoms with Gasteiger partial charge in [-0.3, -0.25) is 14.4 Å². The molecule has 8 nitrogen and oxygen atoms in total. The number of hydrogen-bond donors (Lipinski definition) is 1. The summed E-state index contributed by atoms with van der Waals surface area (Å²) >= 11 is 0. The predicted molar refractivity (Wildman–Crippen MR) is 127 cm³/mol. The monoisotopic (exact) mass is 464 g/mol. The van der Waals surface area contributed by atoms with E-state index < -0.39 is 28.9 Å². The lowest BCUT2D eigenvalue weighted by Crippen LogP contribution is -2.52. The Morgan fingerprint density at radius 2 is 1.74 bits per heavy atom. The zero-order valence-corrected chi connectivity index (χ0v) is 19.5. The van der Waals surface area contributed by atoms with E-state index in [-0.39, 0.29) is 12.1 Å². The summed E-state index contributed by atoms with van der Waals surface area (Å²) in [4.78, 5) is 43.6. The fourth-order valence-corrected chi connectivity index (χ4v) is 4.87. The number of Topliss-reactive ketones (excluding diaryl/α,β-unsaturated/α-hetero) is 1. The van der Waals surface area contributed by atoms with Gasteiger partial charge < -0.3 is 24.4 Å². The minimum Gasteiger partial charge on any atom is -0.507 e. The first-order chi connectivity index (χ1) is 16.4. The van der Waals surface area contributed by atoms with E-state index in [0.717, 1.165) is 0 Å². The average molecular weight is 465 g/mol. The molecule has 0 aromatic heterocycles. The normalized spacial score (nSPS) is 21.0. The summed E-state index contributed by atoms with van der Waals surface area (Å²) in [6.45, 7) is 5.00. The fraction of sp³-hybridized carbons (Fsp3) is 0.346. The van der Waals surface area contributed by atoms with Crippen LogP contribution in [-0.2, 0) is 24.7 Å². The zero-order chi connectivity index (χ0) is 24.5. The van der Waals surface area contributed by atoms with Gasteiger partial charge in [-0.2, -0.15) is 0 Å². The topological polar surface area (TPSA) is 96.4 Å². The third kappa shape index (κ3) is 3.37. The molecule has 2 aromatic carbocycles. The van der Waals surface area contributed by atoms with Gasteiger partial charge in [-0.05, 0) is 50.6 Å². The molecule has 1 fully saturated rings. The number of rotatable bonds is 8.